The number of ether oxygens (including phenoxy) is 1. The number of hydrogen-bond acceptors (Lipinski definition) is 7. The Balaban J connectivity index is 2.94. The highest BCUT2D eigenvalue weighted by molar-refractivity contribution is 5.98. The molecule has 11 heteroatoms. The molecular weight excluding hydrogens is 432 g/mol. The van der Waals surface area contributed by atoms with Gasteiger partial charge in [-0.05, 0) is 65.2 Å². The monoisotopic (exact) mass is 466 g/mol. The number of aromatic hydroxyl groups is 1. The Kier molecular flexibility index (Phi) is 10.1. The molecule has 0 unspecified atom stereocenters. The summed E-state index contributed by atoms with van der Waals surface area (Å²) in [5.41, 5.74) is 5.49. The lowest BCUT2D eigenvalue weighted by atomic mass is 10.0. The molecule has 0 saturated heterocycles. The van der Waals surface area contributed by atoms with Gasteiger partial charge in [-0.15, -0.1) is 0 Å². The number of rotatable bonds is 10. The predicted molar refractivity (Wildman–Crippen MR) is 122 cm³/mol. The normalized spacial score (nSPS) is 13.9. The van der Waals surface area contributed by atoms with Crippen LogP contribution in [-0.2, 0) is 25.5 Å². The van der Waals surface area contributed by atoms with Crippen LogP contribution < -0.4 is 21.7 Å². The van der Waals surface area contributed by atoms with Crippen molar-refractivity contribution in [3.63, 3.8) is 0 Å². The van der Waals surface area contributed by atoms with E-state index in [0.717, 1.165) is 0 Å². The van der Waals surface area contributed by atoms with Gasteiger partial charge in [-0.25, -0.2) is 4.79 Å². The first-order valence-electron chi connectivity index (χ1n) is 10.6. The van der Waals surface area contributed by atoms with E-state index in [4.69, 9.17) is 15.6 Å². The van der Waals surface area contributed by atoms with Crippen LogP contribution >= 0.6 is 0 Å². The molecule has 0 aliphatic rings. The van der Waals surface area contributed by atoms with E-state index in [2.05, 4.69) is 16.0 Å². The molecule has 0 aliphatic heterocycles. The minimum atomic E-state index is -1.01. The number of benzene rings is 1. The van der Waals surface area contributed by atoms with Gasteiger partial charge in [-0.3, -0.25) is 14.4 Å². The van der Waals surface area contributed by atoms with Crippen LogP contribution in [0.4, 0.5) is 10.5 Å². The molecule has 11 nitrogen and oxygen atoms in total. The molecule has 0 fully saturated rings. The molecule has 184 valence electrons. The topological polar surface area (TPSA) is 180 Å². The Morgan fingerprint density at radius 1 is 1.09 bits per heavy atom. The van der Waals surface area contributed by atoms with E-state index in [1.807, 2.05) is 0 Å². The minimum absolute atomic E-state index is 0.105. The van der Waals surface area contributed by atoms with Gasteiger partial charge in [0, 0.05) is 12.5 Å². The lowest BCUT2D eigenvalue weighted by Gasteiger charge is -2.24. The largest absolute Gasteiger partial charge is 0.506 e. The molecule has 0 bridgehead atoms. The van der Waals surface area contributed by atoms with Crippen molar-refractivity contribution in [2.45, 2.75) is 77.6 Å². The third-order valence-electron chi connectivity index (χ3n) is 4.39. The first-order chi connectivity index (χ1) is 15.2. The average molecular weight is 467 g/mol. The summed E-state index contributed by atoms with van der Waals surface area (Å²) in [5.74, 6) is -2.26. The van der Waals surface area contributed by atoms with Crippen molar-refractivity contribution in [3.8, 4) is 5.75 Å². The fourth-order valence-electron chi connectivity index (χ4n) is 2.74. The summed E-state index contributed by atoms with van der Waals surface area (Å²) in [4.78, 5) is 47.3. The van der Waals surface area contributed by atoms with Gasteiger partial charge in [0.15, 0.2) is 0 Å². The Labute approximate surface area is 193 Å². The van der Waals surface area contributed by atoms with Gasteiger partial charge in [-0.2, -0.15) is 0 Å². The molecule has 7 N–H and O–H groups in total. The number of anilines is 1. The third kappa shape index (κ3) is 10.7. The minimum Gasteiger partial charge on any atom is -0.506 e. The molecule has 3 atom stereocenters. The van der Waals surface area contributed by atoms with Crippen LogP contribution in [0.2, 0.25) is 0 Å². The van der Waals surface area contributed by atoms with Gasteiger partial charge >= 0.3 is 12.1 Å². The molecule has 0 saturated carbocycles. The number of carbonyl (C=O) groups is 4. The predicted octanol–water partition coefficient (Wildman–Crippen LogP) is 1.48. The van der Waals surface area contributed by atoms with Crippen molar-refractivity contribution in [2.24, 2.45) is 5.73 Å². The van der Waals surface area contributed by atoms with Crippen LogP contribution in [0.3, 0.4) is 0 Å². The summed E-state index contributed by atoms with van der Waals surface area (Å²) < 4.78 is 5.25. The van der Waals surface area contributed by atoms with Crippen molar-refractivity contribution >= 4 is 29.6 Å². The Morgan fingerprint density at radius 2 is 1.73 bits per heavy atom. The van der Waals surface area contributed by atoms with Gasteiger partial charge in [0.1, 0.15) is 17.4 Å². The summed E-state index contributed by atoms with van der Waals surface area (Å²) in [7, 11) is 0. The van der Waals surface area contributed by atoms with Gasteiger partial charge in [0.25, 0.3) is 0 Å². The van der Waals surface area contributed by atoms with Gasteiger partial charge in [0.05, 0.1) is 11.7 Å². The van der Waals surface area contributed by atoms with Crippen LogP contribution in [0.15, 0.2) is 18.2 Å². The van der Waals surface area contributed by atoms with Crippen LogP contribution in [0.1, 0.15) is 53.0 Å². The summed E-state index contributed by atoms with van der Waals surface area (Å²) in [5, 5.41) is 26.8. The number of carbonyl (C=O) groups excluding carboxylic acids is 3. The van der Waals surface area contributed by atoms with E-state index in [1.54, 1.807) is 26.8 Å². The van der Waals surface area contributed by atoms with Crippen molar-refractivity contribution in [1.29, 1.82) is 0 Å². The second-order valence-electron chi connectivity index (χ2n) is 8.84. The highest BCUT2D eigenvalue weighted by Crippen LogP contribution is 2.25. The molecule has 0 aromatic heterocycles. The number of nitrogens with one attached hydrogen (secondary N) is 3. The smallest absolute Gasteiger partial charge is 0.407 e. The van der Waals surface area contributed by atoms with Gasteiger partial charge < -0.3 is 36.6 Å². The van der Waals surface area contributed by atoms with Crippen LogP contribution in [0.5, 0.6) is 5.75 Å². The van der Waals surface area contributed by atoms with Gasteiger partial charge in [0.2, 0.25) is 11.8 Å². The maximum atomic E-state index is 12.4. The number of aliphatic carboxylic acids is 1. The number of alkyl carbamates (subject to hydrolysis) is 1. The van der Waals surface area contributed by atoms with Crippen molar-refractivity contribution in [1.82, 2.24) is 10.6 Å². The second-order valence-corrected chi connectivity index (χ2v) is 8.84. The summed E-state index contributed by atoms with van der Waals surface area (Å²) in [6.45, 7) is 8.10. The lowest BCUT2D eigenvalue weighted by Crippen LogP contribution is -2.47. The van der Waals surface area contributed by atoms with Crippen LogP contribution in [0, 0.1) is 0 Å². The van der Waals surface area contributed by atoms with Crippen molar-refractivity contribution < 1.29 is 34.1 Å². The Bertz CT molecular complexity index is 865. The van der Waals surface area contributed by atoms with E-state index >= 15 is 0 Å². The molecule has 1 aromatic carbocycles. The SMILES string of the molecule is C[C@H](N)C(=O)N[C@@H](C)C(=O)Nc1cc(C[C@@H](CCC(=O)O)NC(=O)OC(C)(C)C)ccc1O. The molecule has 0 radical (unpaired) electrons. The maximum Gasteiger partial charge on any atom is 0.407 e. The van der Waals surface area contributed by atoms with Crippen LogP contribution in [-0.4, -0.2) is 57.8 Å². The number of phenols is 1. The first-order valence-corrected chi connectivity index (χ1v) is 10.6. The number of hydrogen-bond donors (Lipinski definition) is 6. The highest BCUT2D eigenvalue weighted by atomic mass is 16.6. The molecule has 3 amide bonds. The zero-order valence-corrected chi connectivity index (χ0v) is 19.6. The summed E-state index contributed by atoms with van der Waals surface area (Å²) >= 11 is 0. The second kappa shape index (κ2) is 12.0. The Hall–Kier alpha value is -3.34. The van der Waals surface area contributed by atoms with Crippen molar-refractivity contribution in [2.75, 3.05) is 5.32 Å². The molecule has 0 aliphatic carbocycles. The molecule has 0 spiro atoms. The highest BCUT2D eigenvalue weighted by Gasteiger charge is 2.22. The van der Waals surface area contributed by atoms with E-state index in [1.165, 1.54) is 26.0 Å². The number of phenolic OH excluding ortho intramolecular Hbond substituents is 1. The standard InChI is InChI=1S/C22H34N4O7/c1-12(23)19(30)24-13(2)20(31)26-16-11-14(6-8-17(16)27)10-15(7-9-18(28)29)25-21(32)33-22(3,4)5/h6,8,11-13,15,27H,7,9-10,23H2,1-5H3,(H,24,30)(H,25,32)(H,26,31)(H,28,29)/t12-,13-,15+/m0/s1. The molecule has 33 heavy (non-hydrogen) atoms. The van der Waals surface area contributed by atoms with E-state index < -0.39 is 47.6 Å². The van der Waals surface area contributed by atoms with Crippen LogP contribution in [0.25, 0.3) is 0 Å². The third-order valence-corrected chi connectivity index (χ3v) is 4.39. The number of amides is 3. The zero-order valence-electron chi connectivity index (χ0n) is 19.6. The van der Waals surface area contributed by atoms with E-state index in [0.29, 0.717) is 5.56 Å². The van der Waals surface area contributed by atoms with Crippen molar-refractivity contribution in [3.05, 3.63) is 23.8 Å². The Morgan fingerprint density at radius 3 is 2.27 bits per heavy atom. The fraction of sp³-hybridized carbons (Fsp3) is 0.545. The van der Waals surface area contributed by atoms with E-state index in [9.17, 15) is 24.3 Å². The molecule has 1 rings (SSSR count). The molecular formula is C22H34N4O7. The molecule has 0 heterocycles. The summed E-state index contributed by atoms with van der Waals surface area (Å²) in [6.07, 6.45) is -0.466. The zero-order chi connectivity index (χ0) is 25.3. The van der Waals surface area contributed by atoms with E-state index in [-0.39, 0.29) is 30.7 Å². The number of carboxylic acid groups (broad SMARTS) is 1. The lowest BCUT2D eigenvalue weighted by molar-refractivity contribution is -0.137. The average Bonchev–Trinajstić information content (AvgIpc) is 2.66. The fourth-order valence-corrected chi connectivity index (χ4v) is 2.74. The first kappa shape index (κ1) is 27.7. The van der Waals surface area contributed by atoms with Gasteiger partial charge in [-0.1, -0.05) is 6.07 Å². The number of nitrogens with two attached hydrogens (primary N) is 1. The maximum absolute atomic E-state index is 12.4. The summed E-state index contributed by atoms with van der Waals surface area (Å²) in [6, 6.07) is 2.24. The molecule has 1 aromatic rings. The number of carboxylic acids is 1. The quantitative estimate of drug-likeness (QED) is 0.280.